The number of fused-ring (bicyclic) bond motifs is 1. The van der Waals surface area contributed by atoms with Crippen LogP contribution < -0.4 is 15.4 Å². The van der Waals surface area contributed by atoms with Crippen LogP contribution in [0.15, 0.2) is 24.3 Å². The molecule has 0 amide bonds. The van der Waals surface area contributed by atoms with Crippen molar-refractivity contribution in [1.29, 1.82) is 0 Å². The standard InChI is InChI=1S/C13H15F3N2OS/c14-13(15,16)9(12(17)20)8-18-6-3-7-19-11-5-2-1-4-10(11)18/h1-2,4-5,9H,3,6-8H2,(H2,17,20). The molecule has 0 saturated carbocycles. The zero-order valence-corrected chi connectivity index (χ0v) is 11.5. The van der Waals surface area contributed by atoms with E-state index in [1.165, 1.54) is 0 Å². The highest BCUT2D eigenvalue weighted by molar-refractivity contribution is 7.80. The first-order chi connectivity index (χ1) is 9.39. The van der Waals surface area contributed by atoms with Gasteiger partial charge in [-0.3, -0.25) is 0 Å². The third kappa shape index (κ3) is 3.33. The highest BCUT2D eigenvalue weighted by atomic mass is 32.1. The molecule has 0 saturated heterocycles. The van der Waals surface area contributed by atoms with Crippen LogP contribution in [0.2, 0.25) is 0 Å². The second-order valence-electron chi connectivity index (χ2n) is 4.61. The normalized spacial score (nSPS) is 16.9. The summed E-state index contributed by atoms with van der Waals surface area (Å²) in [5, 5.41) is 0. The lowest BCUT2D eigenvalue weighted by molar-refractivity contribution is -0.152. The first-order valence-corrected chi connectivity index (χ1v) is 6.63. The second-order valence-corrected chi connectivity index (χ2v) is 5.08. The van der Waals surface area contributed by atoms with E-state index >= 15 is 0 Å². The molecule has 1 aliphatic heterocycles. The molecule has 1 atom stereocenters. The summed E-state index contributed by atoms with van der Waals surface area (Å²) in [4.78, 5) is 1.11. The highest BCUT2D eigenvalue weighted by Gasteiger charge is 2.43. The van der Waals surface area contributed by atoms with Gasteiger partial charge in [-0.25, -0.2) is 0 Å². The Bertz CT molecular complexity index is 493. The summed E-state index contributed by atoms with van der Waals surface area (Å²) in [6.45, 7) is 0.683. The number of hydrogen-bond acceptors (Lipinski definition) is 3. The molecule has 110 valence electrons. The molecule has 0 radical (unpaired) electrons. The van der Waals surface area contributed by atoms with Gasteiger partial charge in [0.15, 0.2) is 0 Å². The number of nitrogens with zero attached hydrogens (tertiary/aromatic N) is 1. The van der Waals surface area contributed by atoms with Crippen molar-refractivity contribution >= 4 is 22.9 Å². The monoisotopic (exact) mass is 304 g/mol. The molecule has 0 fully saturated rings. The van der Waals surface area contributed by atoms with Gasteiger partial charge in [0.05, 0.1) is 17.3 Å². The Morgan fingerprint density at radius 2 is 2.10 bits per heavy atom. The third-order valence-corrected chi connectivity index (χ3v) is 3.46. The molecule has 2 rings (SSSR count). The smallest absolute Gasteiger partial charge is 0.399 e. The van der Waals surface area contributed by atoms with E-state index in [4.69, 9.17) is 10.5 Å². The Labute approximate surface area is 120 Å². The number of halogens is 3. The quantitative estimate of drug-likeness (QED) is 0.872. The number of ether oxygens (including phenoxy) is 1. The minimum Gasteiger partial charge on any atom is -0.491 e. The van der Waals surface area contributed by atoms with Gasteiger partial charge in [-0.05, 0) is 18.6 Å². The van der Waals surface area contributed by atoms with Crippen molar-refractivity contribution in [3.05, 3.63) is 24.3 Å². The van der Waals surface area contributed by atoms with Crippen molar-refractivity contribution in [2.24, 2.45) is 11.7 Å². The Kier molecular flexibility index (Phi) is 4.37. The van der Waals surface area contributed by atoms with Crippen LogP contribution in [-0.2, 0) is 0 Å². The topological polar surface area (TPSA) is 38.5 Å². The zero-order valence-electron chi connectivity index (χ0n) is 10.7. The number of alkyl halides is 3. The largest absolute Gasteiger partial charge is 0.491 e. The van der Waals surface area contributed by atoms with E-state index in [2.05, 4.69) is 12.2 Å². The van der Waals surface area contributed by atoms with E-state index in [-0.39, 0.29) is 6.54 Å². The first-order valence-electron chi connectivity index (χ1n) is 6.22. The summed E-state index contributed by atoms with van der Waals surface area (Å²) in [6.07, 6.45) is -3.79. The average molecular weight is 304 g/mol. The van der Waals surface area contributed by atoms with Gasteiger partial charge in [0, 0.05) is 13.1 Å². The summed E-state index contributed by atoms with van der Waals surface area (Å²) >= 11 is 4.57. The lowest BCUT2D eigenvalue weighted by Gasteiger charge is -2.29. The predicted octanol–water partition coefficient (Wildman–Crippen LogP) is 2.74. The van der Waals surface area contributed by atoms with Crippen molar-refractivity contribution in [3.8, 4) is 5.75 Å². The third-order valence-electron chi connectivity index (χ3n) is 3.18. The Morgan fingerprint density at radius 3 is 2.75 bits per heavy atom. The van der Waals surface area contributed by atoms with E-state index in [0.717, 1.165) is 0 Å². The Hall–Kier alpha value is -1.50. The van der Waals surface area contributed by atoms with Crippen LogP contribution in [0.1, 0.15) is 6.42 Å². The molecule has 1 heterocycles. The fraction of sp³-hybridized carbons (Fsp3) is 0.462. The van der Waals surface area contributed by atoms with Crippen LogP contribution in [0, 0.1) is 5.92 Å². The SMILES string of the molecule is NC(=S)C(CN1CCCOc2ccccc21)C(F)(F)F. The van der Waals surface area contributed by atoms with Crippen LogP contribution in [-0.4, -0.2) is 30.9 Å². The van der Waals surface area contributed by atoms with Crippen LogP contribution in [0.4, 0.5) is 18.9 Å². The molecular weight excluding hydrogens is 289 g/mol. The minimum atomic E-state index is -4.44. The number of nitrogens with two attached hydrogens (primary N) is 1. The minimum absolute atomic E-state index is 0.279. The molecule has 1 unspecified atom stereocenters. The van der Waals surface area contributed by atoms with E-state index in [0.29, 0.717) is 31.0 Å². The van der Waals surface area contributed by atoms with Gasteiger partial charge in [0.1, 0.15) is 11.7 Å². The van der Waals surface area contributed by atoms with Gasteiger partial charge in [-0.15, -0.1) is 0 Å². The summed E-state index contributed by atoms with van der Waals surface area (Å²) in [5.74, 6) is -1.22. The predicted molar refractivity (Wildman–Crippen MR) is 75.1 cm³/mol. The van der Waals surface area contributed by atoms with Gasteiger partial charge in [-0.2, -0.15) is 13.2 Å². The molecule has 20 heavy (non-hydrogen) atoms. The highest BCUT2D eigenvalue weighted by Crippen LogP contribution is 2.34. The molecular formula is C13H15F3N2OS. The summed E-state index contributed by atoms with van der Waals surface area (Å²) in [6, 6.07) is 7.05. The van der Waals surface area contributed by atoms with Crippen molar-refractivity contribution in [3.63, 3.8) is 0 Å². The van der Waals surface area contributed by atoms with Gasteiger partial charge >= 0.3 is 6.18 Å². The molecule has 0 aliphatic carbocycles. The van der Waals surface area contributed by atoms with Crippen molar-refractivity contribution in [2.75, 3.05) is 24.6 Å². The number of benzene rings is 1. The van der Waals surface area contributed by atoms with E-state index in [1.54, 1.807) is 29.2 Å². The molecule has 3 nitrogen and oxygen atoms in total. The van der Waals surface area contributed by atoms with Crippen LogP contribution in [0.25, 0.3) is 0 Å². The molecule has 0 spiro atoms. The number of anilines is 1. The zero-order chi connectivity index (χ0) is 14.8. The maximum atomic E-state index is 13.0. The number of thiocarbonyl (C=S) groups is 1. The van der Waals surface area contributed by atoms with Gasteiger partial charge in [0.2, 0.25) is 0 Å². The van der Waals surface area contributed by atoms with Gasteiger partial charge in [0.25, 0.3) is 0 Å². The fourth-order valence-corrected chi connectivity index (χ4v) is 2.37. The van der Waals surface area contributed by atoms with Gasteiger partial charge < -0.3 is 15.4 Å². The van der Waals surface area contributed by atoms with Crippen molar-refractivity contribution in [2.45, 2.75) is 12.6 Å². The van der Waals surface area contributed by atoms with Crippen LogP contribution >= 0.6 is 12.2 Å². The van der Waals surface area contributed by atoms with E-state index < -0.39 is 17.1 Å². The first kappa shape index (κ1) is 14.9. The molecule has 1 aromatic carbocycles. The van der Waals surface area contributed by atoms with E-state index in [1.807, 2.05) is 0 Å². The van der Waals surface area contributed by atoms with Gasteiger partial charge in [-0.1, -0.05) is 24.4 Å². The molecule has 1 aromatic rings. The van der Waals surface area contributed by atoms with Crippen LogP contribution in [0.3, 0.4) is 0 Å². The summed E-state index contributed by atoms with van der Waals surface area (Å²) < 4.78 is 44.5. The summed E-state index contributed by atoms with van der Waals surface area (Å²) in [5.41, 5.74) is 5.90. The van der Waals surface area contributed by atoms with Crippen LogP contribution in [0.5, 0.6) is 5.75 Å². The summed E-state index contributed by atoms with van der Waals surface area (Å²) in [7, 11) is 0. The lowest BCUT2D eigenvalue weighted by Crippen LogP contribution is -2.43. The Balaban J connectivity index is 2.26. The number of hydrogen-bond donors (Lipinski definition) is 1. The Morgan fingerprint density at radius 1 is 1.40 bits per heavy atom. The number of rotatable bonds is 3. The molecule has 0 aromatic heterocycles. The maximum Gasteiger partial charge on any atom is 0.399 e. The fourth-order valence-electron chi connectivity index (χ4n) is 2.16. The molecule has 7 heteroatoms. The molecule has 2 N–H and O–H groups in total. The molecule has 1 aliphatic rings. The number of para-hydroxylation sites is 2. The van der Waals surface area contributed by atoms with Crippen molar-refractivity contribution < 1.29 is 17.9 Å². The lowest BCUT2D eigenvalue weighted by atomic mass is 10.1. The second kappa shape index (κ2) is 5.87. The maximum absolute atomic E-state index is 13.0. The van der Waals surface area contributed by atoms with E-state index in [9.17, 15) is 13.2 Å². The molecule has 0 bridgehead atoms. The average Bonchev–Trinajstić information content (AvgIpc) is 2.56. The van der Waals surface area contributed by atoms with Crippen molar-refractivity contribution in [1.82, 2.24) is 0 Å².